The van der Waals surface area contributed by atoms with Crippen LogP contribution in [0.1, 0.15) is 11.1 Å². The lowest BCUT2D eigenvalue weighted by Crippen LogP contribution is -2.28. The SMILES string of the molecule is O=S1(=O)NN=C(c2ccccc2F)c2cc(Cl)ccc21. The Hall–Kier alpha value is -1.92. The number of nitrogens with one attached hydrogen (secondary N) is 1. The quantitative estimate of drug-likeness (QED) is 0.880. The molecule has 0 saturated heterocycles. The van der Waals surface area contributed by atoms with E-state index in [-0.39, 0.29) is 21.7 Å². The van der Waals surface area contributed by atoms with Gasteiger partial charge in [0.2, 0.25) is 0 Å². The van der Waals surface area contributed by atoms with Crippen LogP contribution in [0.2, 0.25) is 5.02 Å². The highest BCUT2D eigenvalue weighted by Gasteiger charge is 2.27. The van der Waals surface area contributed by atoms with E-state index in [0.29, 0.717) is 5.02 Å². The van der Waals surface area contributed by atoms with E-state index in [1.807, 2.05) is 0 Å². The van der Waals surface area contributed by atoms with Crippen molar-refractivity contribution in [2.45, 2.75) is 4.90 Å². The number of halogens is 2. The van der Waals surface area contributed by atoms with Crippen LogP contribution in [0.15, 0.2) is 52.5 Å². The van der Waals surface area contributed by atoms with Crippen molar-refractivity contribution < 1.29 is 12.8 Å². The summed E-state index contributed by atoms with van der Waals surface area (Å²) in [5.74, 6) is -0.488. The maximum Gasteiger partial charge on any atom is 0.277 e. The smallest absolute Gasteiger partial charge is 0.206 e. The lowest BCUT2D eigenvalue weighted by atomic mass is 10.0. The second kappa shape index (κ2) is 4.57. The number of fused-ring (bicyclic) bond motifs is 1. The molecule has 0 spiro atoms. The lowest BCUT2D eigenvalue weighted by molar-refractivity contribution is 0.582. The molecule has 0 aromatic heterocycles. The van der Waals surface area contributed by atoms with Gasteiger partial charge in [0.1, 0.15) is 11.5 Å². The minimum atomic E-state index is -3.73. The van der Waals surface area contributed by atoms with E-state index >= 15 is 0 Å². The summed E-state index contributed by atoms with van der Waals surface area (Å²) >= 11 is 5.90. The molecule has 3 rings (SSSR count). The number of rotatable bonds is 1. The van der Waals surface area contributed by atoms with E-state index in [1.165, 1.54) is 30.3 Å². The standard InChI is InChI=1S/C13H8ClFN2O2S/c14-8-5-6-12-10(7-8)13(16-17-20(12,18)19)9-3-1-2-4-11(9)15/h1-7,17H. The molecule has 0 fully saturated rings. The van der Waals surface area contributed by atoms with Gasteiger partial charge in [0.25, 0.3) is 10.0 Å². The zero-order chi connectivity index (χ0) is 14.3. The van der Waals surface area contributed by atoms with Gasteiger partial charge in [-0.2, -0.15) is 18.4 Å². The van der Waals surface area contributed by atoms with Crippen LogP contribution < -0.4 is 4.83 Å². The molecular formula is C13H8ClFN2O2S. The number of benzene rings is 2. The number of hydrogen-bond donors (Lipinski definition) is 1. The van der Waals surface area contributed by atoms with E-state index in [0.717, 1.165) is 0 Å². The van der Waals surface area contributed by atoms with E-state index in [9.17, 15) is 12.8 Å². The van der Waals surface area contributed by atoms with E-state index in [4.69, 9.17) is 11.6 Å². The lowest BCUT2D eigenvalue weighted by Gasteiger charge is -2.18. The largest absolute Gasteiger partial charge is 0.277 e. The maximum atomic E-state index is 13.9. The van der Waals surface area contributed by atoms with E-state index in [2.05, 4.69) is 9.93 Å². The number of hydrogen-bond acceptors (Lipinski definition) is 3. The van der Waals surface area contributed by atoms with E-state index < -0.39 is 15.8 Å². The first-order valence-electron chi connectivity index (χ1n) is 5.63. The van der Waals surface area contributed by atoms with Crippen molar-refractivity contribution in [2.24, 2.45) is 5.10 Å². The Kier molecular flexibility index (Phi) is 2.99. The van der Waals surface area contributed by atoms with Gasteiger partial charge in [0.15, 0.2) is 0 Å². The first kappa shape index (κ1) is 13.1. The van der Waals surface area contributed by atoms with Gasteiger partial charge < -0.3 is 0 Å². The second-order valence-corrected chi connectivity index (χ2v) is 6.24. The van der Waals surface area contributed by atoms with Crippen LogP contribution in [0.5, 0.6) is 0 Å². The Morgan fingerprint density at radius 3 is 2.60 bits per heavy atom. The van der Waals surface area contributed by atoms with Crippen molar-refractivity contribution in [1.82, 2.24) is 4.83 Å². The average Bonchev–Trinajstić information content (AvgIpc) is 2.40. The molecule has 0 atom stereocenters. The first-order valence-corrected chi connectivity index (χ1v) is 7.49. The Morgan fingerprint density at radius 1 is 1.10 bits per heavy atom. The minimum absolute atomic E-state index is 0.0233. The molecule has 1 aliphatic rings. The van der Waals surface area contributed by atoms with Crippen molar-refractivity contribution in [3.63, 3.8) is 0 Å². The highest BCUT2D eigenvalue weighted by atomic mass is 35.5. The second-order valence-electron chi connectivity index (χ2n) is 4.18. The topological polar surface area (TPSA) is 58.5 Å². The zero-order valence-electron chi connectivity index (χ0n) is 9.97. The summed E-state index contributed by atoms with van der Waals surface area (Å²) in [4.78, 5) is 2.08. The first-order chi connectivity index (χ1) is 9.49. The molecule has 0 aliphatic carbocycles. The van der Waals surface area contributed by atoms with Crippen LogP contribution >= 0.6 is 11.6 Å². The van der Waals surface area contributed by atoms with Crippen molar-refractivity contribution in [1.29, 1.82) is 0 Å². The number of nitrogens with zero attached hydrogens (tertiary/aromatic N) is 1. The van der Waals surface area contributed by atoms with Crippen LogP contribution in [0, 0.1) is 5.82 Å². The van der Waals surface area contributed by atoms with Gasteiger partial charge in [-0.05, 0) is 30.3 Å². The number of hydrazone groups is 1. The molecule has 0 unspecified atom stereocenters. The summed E-state index contributed by atoms with van der Waals surface area (Å²) in [6.45, 7) is 0. The zero-order valence-corrected chi connectivity index (χ0v) is 11.5. The molecule has 102 valence electrons. The Bertz CT molecular complexity index is 834. The van der Waals surface area contributed by atoms with Gasteiger partial charge in [-0.3, -0.25) is 0 Å². The third kappa shape index (κ3) is 2.07. The summed E-state index contributed by atoms with van der Waals surface area (Å²) in [6, 6.07) is 10.3. The van der Waals surface area contributed by atoms with Crippen molar-refractivity contribution in [2.75, 3.05) is 0 Å². The fraction of sp³-hybridized carbons (Fsp3) is 0. The predicted octanol–water partition coefficient (Wildman–Crippen LogP) is 2.52. The molecule has 1 aliphatic heterocycles. The Labute approximate surface area is 119 Å². The Balaban J connectivity index is 2.29. The summed E-state index contributed by atoms with van der Waals surface area (Å²) in [7, 11) is -3.73. The van der Waals surface area contributed by atoms with Crippen LogP contribution in [0.25, 0.3) is 0 Å². The molecule has 2 aromatic rings. The van der Waals surface area contributed by atoms with Crippen LogP contribution in [0.4, 0.5) is 4.39 Å². The summed E-state index contributed by atoms with van der Waals surface area (Å²) in [6.07, 6.45) is 0. The van der Waals surface area contributed by atoms with Gasteiger partial charge in [-0.1, -0.05) is 23.7 Å². The highest BCUT2D eigenvalue weighted by Crippen LogP contribution is 2.27. The monoisotopic (exact) mass is 310 g/mol. The molecule has 0 bridgehead atoms. The van der Waals surface area contributed by atoms with Gasteiger partial charge in [0.05, 0.1) is 4.90 Å². The van der Waals surface area contributed by atoms with Crippen LogP contribution in [-0.2, 0) is 10.0 Å². The molecule has 4 nitrogen and oxygen atoms in total. The number of sulfonamides is 1. The third-order valence-electron chi connectivity index (χ3n) is 2.89. The Morgan fingerprint density at radius 2 is 1.85 bits per heavy atom. The van der Waals surface area contributed by atoms with Crippen LogP contribution in [-0.4, -0.2) is 14.1 Å². The van der Waals surface area contributed by atoms with Crippen molar-refractivity contribution >= 4 is 27.3 Å². The van der Waals surface area contributed by atoms with Crippen LogP contribution in [0.3, 0.4) is 0 Å². The third-order valence-corrected chi connectivity index (χ3v) is 4.39. The fourth-order valence-corrected chi connectivity index (χ4v) is 3.17. The minimum Gasteiger partial charge on any atom is -0.206 e. The van der Waals surface area contributed by atoms with Gasteiger partial charge in [-0.25, -0.2) is 4.39 Å². The average molecular weight is 311 g/mol. The molecule has 20 heavy (non-hydrogen) atoms. The molecule has 0 radical (unpaired) electrons. The molecule has 1 heterocycles. The van der Waals surface area contributed by atoms with E-state index in [1.54, 1.807) is 12.1 Å². The summed E-state index contributed by atoms with van der Waals surface area (Å²) < 4.78 is 37.7. The van der Waals surface area contributed by atoms with Gasteiger partial charge in [-0.15, -0.1) is 0 Å². The normalized spacial score (nSPS) is 16.0. The maximum absolute atomic E-state index is 13.9. The highest BCUT2D eigenvalue weighted by molar-refractivity contribution is 7.89. The van der Waals surface area contributed by atoms with Crippen molar-refractivity contribution in [3.8, 4) is 0 Å². The molecule has 0 amide bonds. The molecule has 2 aromatic carbocycles. The van der Waals surface area contributed by atoms with Crippen molar-refractivity contribution in [3.05, 3.63) is 64.4 Å². The summed E-state index contributed by atoms with van der Waals surface area (Å²) in [5.41, 5.74) is 0.690. The van der Waals surface area contributed by atoms with Gasteiger partial charge >= 0.3 is 0 Å². The fourth-order valence-electron chi connectivity index (χ4n) is 2.00. The molecule has 7 heteroatoms. The molecule has 0 saturated carbocycles. The molecule has 1 N–H and O–H groups in total. The molecular weight excluding hydrogens is 303 g/mol. The predicted molar refractivity (Wildman–Crippen MR) is 73.8 cm³/mol. The summed E-state index contributed by atoms with van der Waals surface area (Å²) in [5, 5.41) is 4.13. The van der Waals surface area contributed by atoms with Gasteiger partial charge in [0, 0.05) is 16.1 Å².